The Kier molecular flexibility index (Phi) is 10.00. The van der Waals surface area contributed by atoms with Crippen molar-refractivity contribution in [1.29, 1.82) is 0 Å². The fourth-order valence-electron chi connectivity index (χ4n) is 2.03. The molecule has 0 aliphatic heterocycles. The van der Waals surface area contributed by atoms with Crippen molar-refractivity contribution in [3.8, 4) is 0 Å². The molecule has 4 heteroatoms. The van der Waals surface area contributed by atoms with Crippen LogP contribution < -0.4 is 0 Å². The van der Waals surface area contributed by atoms with Crippen molar-refractivity contribution >= 4 is 11.5 Å². The van der Waals surface area contributed by atoms with E-state index in [1.807, 2.05) is 12.1 Å². The van der Waals surface area contributed by atoms with Gasteiger partial charge in [0.25, 0.3) is 0 Å². The van der Waals surface area contributed by atoms with Crippen molar-refractivity contribution in [1.82, 2.24) is 0 Å². The van der Waals surface area contributed by atoms with Crippen molar-refractivity contribution in [2.45, 2.75) is 32.6 Å². The number of unbranched alkanes of at least 4 members (excludes halogenated alkanes) is 2. The van der Waals surface area contributed by atoms with Gasteiger partial charge in [-0.2, -0.15) is 0 Å². The van der Waals surface area contributed by atoms with Gasteiger partial charge in [0, 0.05) is 38.1 Å². The van der Waals surface area contributed by atoms with Gasteiger partial charge in [0.2, 0.25) is 0 Å². The lowest BCUT2D eigenvalue weighted by molar-refractivity contribution is 0.101. The molecular formula is C19H28O4. The number of carbonyl (C=O) groups excluding carboxylic acids is 1. The number of ketones is 1. The van der Waals surface area contributed by atoms with Crippen LogP contribution >= 0.6 is 0 Å². The highest BCUT2D eigenvalue weighted by Gasteiger charge is 2.03. The van der Waals surface area contributed by atoms with Crippen LogP contribution in [0.5, 0.6) is 0 Å². The Morgan fingerprint density at radius 1 is 0.913 bits per heavy atom. The Morgan fingerprint density at radius 2 is 1.43 bits per heavy atom. The summed E-state index contributed by atoms with van der Waals surface area (Å²) in [5, 5.41) is 0. The predicted octanol–water partition coefficient (Wildman–Crippen LogP) is 4.10. The van der Waals surface area contributed by atoms with Gasteiger partial charge in [-0.05, 0) is 32.6 Å². The van der Waals surface area contributed by atoms with Crippen LogP contribution in [0.25, 0.3) is 5.76 Å². The first kappa shape index (κ1) is 19.4. The summed E-state index contributed by atoms with van der Waals surface area (Å²) < 4.78 is 16.2. The topological polar surface area (TPSA) is 44.8 Å². The highest BCUT2D eigenvalue weighted by Crippen LogP contribution is 2.15. The molecule has 0 saturated carbocycles. The fourth-order valence-corrected chi connectivity index (χ4v) is 2.03. The average molecular weight is 320 g/mol. The summed E-state index contributed by atoms with van der Waals surface area (Å²) in [6.07, 6.45) is 3.99. The molecule has 0 fully saturated rings. The molecule has 0 N–H and O–H groups in total. The van der Waals surface area contributed by atoms with Crippen LogP contribution in [0.3, 0.4) is 0 Å². The van der Waals surface area contributed by atoms with Gasteiger partial charge in [0.15, 0.2) is 5.78 Å². The second-order valence-corrected chi connectivity index (χ2v) is 5.42. The van der Waals surface area contributed by atoms with E-state index in [1.165, 1.54) is 0 Å². The zero-order valence-corrected chi connectivity index (χ0v) is 14.3. The number of rotatable bonds is 13. The van der Waals surface area contributed by atoms with Crippen molar-refractivity contribution in [2.24, 2.45) is 0 Å². The van der Waals surface area contributed by atoms with E-state index in [9.17, 15) is 4.79 Å². The molecule has 1 aromatic carbocycles. The van der Waals surface area contributed by atoms with Gasteiger partial charge in [-0.3, -0.25) is 4.79 Å². The maximum atomic E-state index is 11.2. The summed E-state index contributed by atoms with van der Waals surface area (Å²) in [6.45, 7) is 8.46. The summed E-state index contributed by atoms with van der Waals surface area (Å²) in [5.74, 6) is 0.700. The van der Waals surface area contributed by atoms with Crippen LogP contribution in [0.15, 0.2) is 30.8 Å². The SMILES string of the molecule is C=C(OCCCCOCCCCOC)c1ccc(C(C)=O)cc1. The molecule has 0 atom stereocenters. The highest BCUT2D eigenvalue weighted by atomic mass is 16.5. The average Bonchev–Trinajstić information content (AvgIpc) is 2.56. The number of benzene rings is 1. The number of hydrogen-bond donors (Lipinski definition) is 0. The molecule has 0 amide bonds. The first-order valence-corrected chi connectivity index (χ1v) is 8.15. The first-order valence-electron chi connectivity index (χ1n) is 8.15. The Hall–Kier alpha value is -1.65. The van der Waals surface area contributed by atoms with Crippen molar-refractivity contribution in [2.75, 3.05) is 33.5 Å². The van der Waals surface area contributed by atoms with Crippen LogP contribution in [-0.4, -0.2) is 39.3 Å². The molecule has 4 nitrogen and oxygen atoms in total. The molecule has 0 aliphatic rings. The van der Waals surface area contributed by atoms with Gasteiger partial charge >= 0.3 is 0 Å². The van der Waals surface area contributed by atoms with Gasteiger partial charge in [0.05, 0.1) is 6.61 Å². The number of Topliss-reactive ketones (excluding diaryl/α,β-unsaturated/α-hetero) is 1. The third-order valence-electron chi connectivity index (χ3n) is 3.46. The van der Waals surface area contributed by atoms with E-state index in [-0.39, 0.29) is 5.78 Å². The monoisotopic (exact) mass is 320 g/mol. The lowest BCUT2D eigenvalue weighted by Crippen LogP contribution is -2.01. The van der Waals surface area contributed by atoms with Crippen LogP contribution in [0.2, 0.25) is 0 Å². The van der Waals surface area contributed by atoms with E-state index < -0.39 is 0 Å². The van der Waals surface area contributed by atoms with Gasteiger partial charge in [-0.15, -0.1) is 0 Å². The third kappa shape index (κ3) is 8.53. The molecule has 0 heterocycles. The molecule has 0 radical (unpaired) electrons. The smallest absolute Gasteiger partial charge is 0.159 e. The van der Waals surface area contributed by atoms with Gasteiger partial charge in [-0.1, -0.05) is 30.8 Å². The molecule has 23 heavy (non-hydrogen) atoms. The summed E-state index contributed by atoms with van der Waals surface area (Å²) in [7, 11) is 1.71. The van der Waals surface area contributed by atoms with E-state index in [1.54, 1.807) is 26.2 Å². The minimum absolute atomic E-state index is 0.0605. The molecule has 1 rings (SSSR count). The van der Waals surface area contributed by atoms with E-state index in [2.05, 4.69) is 6.58 Å². The molecule has 128 valence electrons. The second kappa shape index (κ2) is 11.9. The lowest BCUT2D eigenvalue weighted by Gasteiger charge is -2.10. The Morgan fingerprint density at radius 3 is 2.00 bits per heavy atom. The first-order chi connectivity index (χ1) is 11.1. The van der Waals surface area contributed by atoms with Crippen molar-refractivity contribution in [3.63, 3.8) is 0 Å². The van der Waals surface area contributed by atoms with Crippen LogP contribution in [0, 0.1) is 0 Å². The Balaban J connectivity index is 2.07. The van der Waals surface area contributed by atoms with Crippen molar-refractivity contribution in [3.05, 3.63) is 42.0 Å². The third-order valence-corrected chi connectivity index (χ3v) is 3.46. The largest absolute Gasteiger partial charge is 0.494 e. The Bertz CT molecular complexity index is 465. The van der Waals surface area contributed by atoms with Crippen molar-refractivity contribution < 1.29 is 19.0 Å². The molecule has 1 aromatic rings. The summed E-state index contributed by atoms with van der Waals surface area (Å²) in [5.41, 5.74) is 1.61. The second-order valence-electron chi connectivity index (χ2n) is 5.42. The van der Waals surface area contributed by atoms with Gasteiger partial charge in [-0.25, -0.2) is 0 Å². The molecule has 0 aromatic heterocycles. The summed E-state index contributed by atoms with van der Waals surface area (Å²) >= 11 is 0. The molecular weight excluding hydrogens is 292 g/mol. The van der Waals surface area contributed by atoms with Crippen LogP contribution in [0.1, 0.15) is 48.5 Å². The fraction of sp³-hybridized carbons (Fsp3) is 0.526. The normalized spacial score (nSPS) is 10.5. The molecule has 0 saturated heterocycles. The van der Waals surface area contributed by atoms with Crippen LogP contribution in [0.4, 0.5) is 0 Å². The number of hydrogen-bond acceptors (Lipinski definition) is 4. The minimum atomic E-state index is 0.0605. The van der Waals surface area contributed by atoms with E-state index >= 15 is 0 Å². The van der Waals surface area contributed by atoms with E-state index in [0.717, 1.165) is 51.1 Å². The highest BCUT2D eigenvalue weighted by molar-refractivity contribution is 5.94. The van der Waals surface area contributed by atoms with Gasteiger partial charge in [0.1, 0.15) is 5.76 Å². The van der Waals surface area contributed by atoms with Crippen LogP contribution in [-0.2, 0) is 14.2 Å². The summed E-state index contributed by atoms with van der Waals surface area (Å²) in [6, 6.07) is 7.32. The van der Waals surface area contributed by atoms with Gasteiger partial charge < -0.3 is 14.2 Å². The standard InChI is InChI=1S/C19H28O4/c1-16(20)18-8-10-19(11-9-18)17(2)23-15-7-6-14-22-13-5-4-12-21-3/h8-11H,2,4-7,12-15H2,1,3H3. The maximum Gasteiger partial charge on any atom is 0.159 e. The number of carbonyl (C=O) groups is 1. The zero-order valence-electron chi connectivity index (χ0n) is 14.3. The lowest BCUT2D eigenvalue weighted by atomic mass is 10.1. The molecule has 0 spiro atoms. The number of ether oxygens (including phenoxy) is 3. The molecule has 0 aliphatic carbocycles. The van der Waals surface area contributed by atoms with E-state index in [0.29, 0.717) is 17.9 Å². The number of methoxy groups -OCH3 is 1. The maximum absolute atomic E-state index is 11.2. The molecule has 0 unspecified atom stereocenters. The predicted molar refractivity (Wildman–Crippen MR) is 92.6 cm³/mol. The summed E-state index contributed by atoms with van der Waals surface area (Å²) in [4.78, 5) is 11.2. The zero-order chi connectivity index (χ0) is 16.9. The minimum Gasteiger partial charge on any atom is -0.494 e. The Labute approximate surface area is 139 Å². The van der Waals surface area contributed by atoms with E-state index in [4.69, 9.17) is 14.2 Å². The molecule has 0 bridgehead atoms. The quantitative estimate of drug-likeness (QED) is 0.312.